The molecule has 0 fully saturated rings. The number of allylic oxidation sites excluding steroid dienone is 1. The van der Waals surface area contributed by atoms with Crippen LogP contribution >= 0.6 is 0 Å². The SMILES string of the molecule is C=C(CC)Cc1cccc(C)c1-c1nnc2c(C)nc3c(OC)cc(C)cc3n12. The lowest BCUT2D eigenvalue weighted by molar-refractivity contribution is 0.418. The van der Waals surface area contributed by atoms with Crippen molar-refractivity contribution in [3.8, 4) is 17.1 Å². The summed E-state index contributed by atoms with van der Waals surface area (Å²) in [6, 6.07) is 10.5. The molecule has 0 atom stereocenters. The summed E-state index contributed by atoms with van der Waals surface area (Å²) in [6.07, 6.45) is 1.78. The van der Waals surface area contributed by atoms with Gasteiger partial charge in [0.25, 0.3) is 0 Å². The Labute approximate surface area is 171 Å². The molecule has 148 valence electrons. The van der Waals surface area contributed by atoms with Gasteiger partial charge in [0.1, 0.15) is 11.3 Å². The van der Waals surface area contributed by atoms with Gasteiger partial charge in [-0.05, 0) is 62.4 Å². The zero-order chi connectivity index (χ0) is 20.7. The van der Waals surface area contributed by atoms with E-state index < -0.39 is 0 Å². The van der Waals surface area contributed by atoms with Crippen molar-refractivity contribution in [2.45, 2.75) is 40.5 Å². The van der Waals surface area contributed by atoms with E-state index in [0.29, 0.717) is 0 Å². The van der Waals surface area contributed by atoms with E-state index in [0.717, 1.165) is 57.9 Å². The van der Waals surface area contributed by atoms with Gasteiger partial charge in [-0.2, -0.15) is 0 Å². The van der Waals surface area contributed by atoms with E-state index in [9.17, 15) is 0 Å². The van der Waals surface area contributed by atoms with Crippen LogP contribution in [0.25, 0.3) is 28.1 Å². The van der Waals surface area contributed by atoms with Crippen LogP contribution in [0, 0.1) is 20.8 Å². The van der Waals surface area contributed by atoms with Gasteiger partial charge >= 0.3 is 0 Å². The molecule has 29 heavy (non-hydrogen) atoms. The van der Waals surface area contributed by atoms with Crippen molar-refractivity contribution in [2.75, 3.05) is 7.11 Å². The molecule has 0 radical (unpaired) electrons. The number of benzene rings is 2. The Hall–Kier alpha value is -3.21. The highest BCUT2D eigenvalue weighted by Crippen LogP contribution is 2.33. The van der Waals surface area contributed by atoms with Crippen molar-refractivity contribution in [3.63, 3.8) is 0 Å². The van der Waals surface area contributed by atoms with Crippen molar-refractivity contribution in [1.29, 1.82) is 0 Å². The second kappa shape index (κ2) is 7.32. The number of aromatic nitrogens is 4. The number of fused-ring (bicyclic) bond motifs is 3. The first-order valence-corrected chi connectivity index (χ1v) is 9.90. The zero-order valence-corrected chi connectivity index (χ0v) is 17.7. The molecule has 0 N–H and O–H groups in total. The van der Waals surface area contributed by atoms with Gasteiger partial charge in [-0.25, -0.2) is 4.98 Å². The van der Waals surface area contributed by atoms with Crippen molar-refractivity contribution in [2.24, 2.45) is 0 Å². The molecule has 5 heteroatoms. The molecule has 0 unspecified atom stereocenters. The Kier molecular flexibility index (Phi) is 4.82. The fourth-order valence-electron chi connectivity index (χ4n) is 3.88. The van der Waals surface area contributed by atoms with E-state index >= 15 is 0 Å². The van der Waals surface area contributed by atoms with E-state index in [1.54, 1.807) is 7.11 Å². The van der Waals surface area contributed by atoms with E-state index in [1.165, 1.54) is 16.7 Å². The molecule has 4 aromatic rings. The van der Waals surface area contributed by atoms with Gasteiger partial charge in [0.2, 0.25) is 0 Å². The Balaban J connectivity index is 2.11. The molecule has 4 rings (SSSR count). The van der Waals surface area contributed by atoms with Gasteiger partial charge in [-0.15, -0.1) is 10.2 Å². The van der Waals surface area contributed by atoms with Crippen molar-refractivity contribution in [1.82, 2.24) is 19.6 Å². The first kappa shape index (κ1) is 19.1. The third kappa shape index (κ3) is 3.16. The highest BCUT2D eigenvalue weighted by Gasteiger charge is 2.20. The molecule has 0 aliphatic heterocycles. The molecule has 5 nitrogen and oxygen atoms in total. The lowest BCUT2D eigenvalue weighted by atomic mass is 9.95. The number of nitrogens with zero attached hydrogens (tertiary/aromatic N) is 4. The molecule has 0 saturated heterocycles. The summed E-state index contributed by atoms with van der Waals surface area (Å²) in [4.78, 5) is 4.77. The van der Waals surface area contributed by atoms with E-state index in [-0.39, 0.29) is 0 Å². The number of ether oxygens (including phenoxy) is 1. The Morgan fingerprint density at radius 1 is 1.14 bits per heavy atom. The summed E-state index contributed by atoms with van der Waals surface area (Å²) in [5.41, 5.74) is 9.16. The molecular weight excluding hydrogens is 360 g/mol. The maximum Gasteiger partial charge on any atom is 0.183 e. The minimum atomic E-state index is 0.758. The quantitative estimate of drug-likeness (QED) is 0.432. The monoisotopic (exact) mass is 386 g/mol. The van der Waals surface area contributed by atoms with Gasteiger partial charge in [0.05, 0.1) is 18.3 Å². The third-order valence-electron chi connectivity index (χ3n) is 5.45. The van der Waals surface area contributed by atoms with Crippen LogP contribution in [0.5, 0.6) is 5.75 Å². The largest absolute Gasteiger partial charge is 0.494 e. The fraction of sp³-hybridized carbons (Fsp3) is 0.292. The highest BCUT2D eigenvalue weighted by atomic mass is 16.5. The Bertz CT molecular complexity index is 1250. The molecule has 0 aliphatic carbocycles. The van der Waals surface area contributed by atoms with Gasteiger partial charge in [0.15, 0.2) is 11.5 Å². The van der Waals surface area contributed by atoms with Crippen LogP contribution in [-0.4, -0.2) is 26.7 Å². The first-order chi connectivity index (χ1) is 13.9. The molecule has 0 bridgehead atoms. The molecule has 0 spiro atoms. The standard InChI is InChI=1S/C24H26N4O/c1-7-14(2)11-18-10-8-9-16(4)21(18)24-27-26-23-17(5)25-22-19(28(23)24)12-15(3)13-20(22)29-6/h8-10,12-13H,2,7,11H2,1,3-6H3. The van der Waals surface area contributed by atoms with Crippen molar-refractivity contribution < 1.29 is 4.74 Å². The van der Waals surface area contributed by atoms with Gasteiger partial charge < -0.3 is 4.74 Å². The van der Waals surface area contributed by atoms with Gasteiger partial charge in [0, 0.05) is 5.56 Å². The summed E-state index contributed by atoms with van der Waals surface area (Å²) in [5, 5.41) is 9.12. The van der Waals surface area contributed by atoms with E-state index in [1.807, 2.05) is 13.0 Å². The Morgan fingerprint density at radius 2 is 1.93 bits per heavy atom. The van der Waals surface area contributed by atoms with Crippen LogP contribution in [0.2, 0.25) is 0 Å². The highest BCUT2D eigenvalue weighted by molar-refractivity contribution is 5.87. The topological polar surface area (TPSA) is 52.3 Å². The molecule has 2 aromatic carbocycles. The molecule has 2 aromatic heterocycles. The molecule has 0 amide bonds. The van der Waals surface area contributed by atoms with E-state index in [2.05, 4.69) is 66.2 Å². The second-order valence-electron chi connectivity index (χ2n) is 7.60. The predicted molar refractivity (Wildman–Crippen MR) is 118 cm³/mol. The normalized spacial score (nSPS) is 11.3. The van der Waals surface area contributed by atoms with Crippen LogP contribution in [0.1, 0.15) is 35.7 Å². The van der Waals surface area contributed by atoms with Crippen LogP contribution in [-0.2, 0) is 6.42 Å². The second-order valence-corrected chi connectivity index (χ2v) is 7.60. The van der Waals surface area contributed by atoms with Gasteiger partial charge in [-0.3, -0.25) is 4.40 Å². The van der Waals surface area contributed by atoms with Crippen molar-refractivity contribution in [3.05, 3.63) is 64.9 Å². The van der Waals surface area contributed by atoms with Crippen LogP contribution in [0.3, 0.4) is 0 Å². The zero-order valence-electron chi connectivity index (χ0n) is 17.7. The summed E-state index contributed by atoms with van der Waals surface area (Å²) in [7, 11) is 1.68. The number of methoxy groups -OCH3 is 1. The summed E-state index contributed by atoms with van der Waals surface area (Å²) in [6.45, 7) is 12.5. The number of rotatable bonds is 5. The molecule has 0 aliphatic rings. The maximum absolute atomic E-state index is 5.62. The smallest absolute Gasteiger partial charge is 0.183 e. The van der Waals surface area contributed by atoms with Crippen LogP contribution in [0.4, 0.5) is 0 Å². The lowest BCUT2D eigenvalue weighted by Crippen LogP contribution is -2.02. The van der Waals surface area contributed by atoms with Crippen LogP contribution < -0.4 is 4.74 Å². The Morgan fingerprint density at radius 3 is 2.66 bits per heavy atom. The van der Waals surface area contributed by atoms with E-state index in [4.69, 9.17) is 9.72 Å². The number of aryl methyl sites for hydroxylation is 3. The lowest BCUT2D eigenvalue weighted by Gasteiger charge is -2.15. The predicted octanol–water partition coefficient (Wildman–Crippen LogP) is 5.39. The third-order valence-corrected chi connectivity index (χ3v) is 5.45. The number of hydrogen-bond donors (Lipinski definition) is 0. The maximum atomic E-state index is 5.62. The average Bonchev–Trinajstić information content (AvgIpc) is 3.14. The fourth-order valence-corrected chi connectivity index (χ4v) is 3.88. The van der Waals surface area contributed by atoms with Crippen molar-refractivity contribution >= 4 is 16.7 Å². The molecule has 0 saturated carbocycles. The minimum Gasteiger partial charge on any atom is -0.494 e. The molecular formula is C24H26N4O. The molecule has 2 heterocycles. The van der Waals surface area contributed by atoms with Gasteiger partial charge in [-0.1, -0.05) is 37.3 Å². The summed E-state index contributed by atoms with van der Waals surface area (Å²) >= 11 is 0. The minimum absolute atomic E-state index is 0.758. The average molecular weight is 386 g/mol. The summed E-state index contributed by atoms with van der Waals surface area (Å²) < 4.78 is 7.74. The van der Waals surface area contributed by atoms with Crippen LogP contribution in [0.15, 0.2) is 42.5 Å². The summed E-state index contributed by atoms with van der Waals surface area (Å²) in [5.74, 6) is 1.59. The first-order valence-electron chi connectivity index (χ1n) is 9.90. The number of hydrogen-bond acceptors (Lipinski definition) is 4.